The molecule has 7 heteroatoms. The number of non-ortho nitro benzene ring substituents is 1. The second-order valence-corrected chi connectivity index (χ2v) is 5.19. The zero-order valence-corrected chi connectivity index (χ0v) is 12.8. The number of alkyl halides is 1. The molecular formula is C13H10BrClN2O3. The van der Waals surface area contributed by atoms with E-state index in [4.69, 9.17) is 16.3 Å². The number of nitro benzene ring substituents is 1. The molecule has 0 N–H and O–H groups in total. The minimum atomic E-state index is -0.476. The van der Waals surface area contributed by atoms with Crippen molar-refractivity contribution in [1.29, 1.82) is 0 Å². The van der Waals surface area contributed by atoms with Crippen LogP contribution in [0.15, 0.2) is 34.9 Å². The van der Waals surface area contributed by atoms with Gasteiger partial charge in [-0.15, -0.1) is 11.6 Å². The molecule has 0 fully saturated rings. The largest absolute Gasteiger partial charge is 0.437 e. The molecule has 1 heterocycles. The number of nitro groups is 1. The van der Waals surface area contributed by atoms with E-state index in [9.17, 15) is 10.1 Å². The first-order chi connectivity index (χ1) is 9.51. The maximum absolute atomic E-state index is 10.8. The van der Waals surface area contributed by atoms with Crippen LogP contribution in [0.5, 0.6) is 11.6 Å². The second-order valence-electron chi connectivity index (χ2n) is 4.07. The number of pyridine rings is 1. The highest BCUT2D eigenvalue weighted by molar-refractivity contribution is 9.10. The third kappa shape index (κ3) is 3.26. The van der Waals surface area contributed by atoms with Crippen LogP contribution >= 0.6 is 27.5 Å². The van der Waals surface area contributed by atoms with Gasteiger partial charge in [0, 0.05) is 23.7 Å². The summed E-state index contributed by atoms with van der Waals surface area (Å²) in [5, 5.41) is 10.8. The Balaban J connectivity index is 2.34. The minimum absolute atomic E-state index is 0.0433. The number of hydrogen-bond acceptors (Lipinski definition) is 4. The molecule has 1 aromatic carbocycles. The Hall–Kier alpha value is -1.66. The van der Waals surface area contributed by atoms with Crippen molar-refractivity contribution in [2.24, 2.45) is 0 Å². The maximum Gasteiger partial charge on any atom is 0.273 e. The van der Waals surface area contributed by atoms with Crippen LogP contribution < -0.4 is 4.74 Å². The molecule has 0 amide bonds. The van der Waals surface area contributed by atoms with E-state index in [1.165, 1.54) is 12.1 Å². The monoisotopic (exact) mass is 356 g/mol. The van der Waals surface area contributed by atoms with Gasteiger partial charge in [-0.1, -0.05) is 0 Å². The molecule has 104 valence electrons. The van der Waals surface area contributed by atoms with Gasteiger partial charge in [-0.2, -0.15) is 0 Å². The fourth-order valence-corrected chi connectivity index (χ4v) is 2.06. The van der Waals surface area contributed by atoms with Crippen LogP contribution in [-0.2, 0) is 5.88 Å². The van der Waals surface area contributed by atoms with Gasteiger partial charge in [0.15, 0.2) is 5.75 Å². The maximum atomic E-state index is 10.8. The van der Waals surface area contributed by atoms with E-state index in [-0.39, 0.29) is 5.69 Å². The second kappa shape index (κ2) is 6.19. The van der Waals surface area contributed by atoms with Gasteiger partial charge in [0.2, 0.25) is 5.88 Å². The van der Waals surface area contributed by atoms with Crippen LogP contribution in [0.3, 0.4) is 0 Å². The van der Waals surface area contributed by atoms with E-state index in [2.05, 4.69) is 20.9 Å². The van der Waals surface area contributed by atoms with E-state index in [1.54, 1.807) is 12.3 Å². The van der Waals surface area contributed by atoms with Crippen molar-refractivity contribution >= 4 is 33.2 Å². The molecule has 20 heavy (non-hydrogen) atoms. The predicted molar refractivity (Wildman–Crippen MR) is 79.4 cm³/mol. The Labute approximate surface area is 128 Å². The lowest BCUT2D eigenvalue weighted by Crippen LogP contribution is -1.95. The molecule has 1 aromatic heterocycles. The number of halogens is 2. The molecule has 2 rings (SSSR count). The van der Waals surface area contributed by atoms with Crippen molar-refractivity contribution in [1.82, 2.24) is 4.98 Å². The summed E-state index contributed by atoms with van der Waals surface area (Å²) >= 11 is 9.02. The average molecular weight is 358 g/mol. The molecule has 0 unspecified atom stereocenters. The van der Waals surface area contributed by atoms with Crippen molar-refractivity contribution in [3.8, 4) is 11.6 Å². The Kier molecular flexibility index (Phi) is 4.57. The molecule has 0 radical (unpaired) electrons. The average Bonchev–Trinajstić information content (AvgIpc) is 2.42. The van der Waals surface area contributed by atoms with E-state index >= 15 is 0 Å². The van der Waals surface area contributed by atoms with Crippen LogP contribution in [-0.4, -0.2) is 9.91 Å². The summed E-state index contributed by atoms with van der Waals surface area (Å²) in [5.41, 5.74) is 1.65. The van der Waals surface area contributed by atoms with Gasteiger partial charge in [-0.3, -0.25) is 10.1 Å². The zero-order chi connectivity index (χ0) is 14.7. The van der Waals surface area contributed by atoms with Gasteiger partial charge in [0.05, 0.1) is 15.5 Å². The van der Waals surface area contributed by atoms with E-state index in [1.807, 2.05) is 13.0 Å². The number of ether oxygens (including phenoxy) is 1. The van der Waals surface area contributed by atoms with Crippen molar-refractivity contribution in [2.45, 2.75) is 12.8 Å². The van der Waals surface area contributed by atoms with Crippen LogP contribution in [0.25, 0.3) is 0 Å². The quantitative estimate of drug-likeness (QED) is 0.456. The lowest BCUT2D eigenvalue weighted by molar-refractivity contribution is -0.384. The summed E-state index contributed by atoms with van der Waals surface area (Å²) in [7, 11) is 0. The molecule has 0 bridgehead atoms. The molecule has 2 aromatic rings. The van der Waals surface area contributed by atoms with Gasteiger partial charge >= 0.3 is 0 Å². The highest BCUT2D eigenvalue weighted by Crippen LogP contribution is 2.33. The molecular weight excluding hydrogens is 348 g/mol. The molecule has 0 aliphatic rings. The number of aromatic nitrogens is 1. The first kappa shape index (κ1) is 14.7. The smallest absolute Gasteiger partial charge is 0.273 e. The van der Waals surface area contributed by atoms with Gasteiger partial charge in [0.25, 0.3) is 5.69 Å². The number of rotatable bonds is 4. The lowest BCUT2D eigenvalue weighted by atomic mass is 10.2. The summed E-state index contributed by atoms with van der Waals surface area (Å²) in [6.45, 7) is 1.84. The highest BCUT2D eigenvalue weighted by Gasteiger charge is 2.13. The fraction of sp³-hybridized carbons (Fsp3) is 0.154. The topological polar surface area (TPSA) is 65.3 Å². The molecule has 0 aliphatic heterocycles. The van der Waals surface area contributed by atoms with Crippen LogP contribution in [0.4, 0.5) is 5.69 Å². The Morgan fingerprint density at radius 1 is 1.45 bits per heavy atom. The van der Waals surface area contributed by atoms with Gasteiger partial charge in [-0.05, 0) is 40.5 Å². The van der Waals surface area contributed by atoms with Crippen LogP contribution in [0, 0.1) is 17.0 Å². The molecule has 0 spiro atoms. The fourth-order valence-electron chi connectivity index (χ4n) is 1.59. The van der Waals surface area contributed by atoms with Crippen LogP contribution in [0.1, 0.15) is 11.1 Å². The molecule has 0 saturated carbocycles. The number of benzene rings is 1. The number of aryl methyl sites for hydroxylation is 1. The normalized spacial score (nSPS) is 10.3. The zero-order valence-electron chi connectivity index (χ0n) is 10.5. The predicted octanol–water partition coefficient (Wildman–Crippen LogP) is 4.59. The van der Waals surface area contributed by atoms with E-state index in [0.29, 0.717) is 22.0 Å². The Bertz CT molecular complexity index is 664. The SMILES string of the molecule is Cc1cc(CCl)cnc1Oc1cc([N+](=O)[O-])ccc1Br. The molecule has 0 aliphatic carbocycles. The minimum Gasteiger partial charge on any atom is -0.437 e. The molecule has 0 atom stereocenters. The number of hydrogen-bond donors (Lipinski definition) is 0. The van der Waals surface area contributed by atoms with Crippen LogP contribution in [0.2, 0.25) is 0 Å². The summed E-state index contributed by atoms with van der Waals surface area (Å²) in [4.78, 5) is 14.5. The lowest BCUT2D eigenvalue weighted by Gasteiger charge is -2.09. The summed E-state index contributed by atoms with van der Waals surface area (Å²) in [5.74, 6) is 1.10. The van der Waals surface area contributed by atoms with Crippen molar-refractivity contribution in [3.63, 3.8) is 0 Å². The number of nitrogens with zero attached hydrogens (tertiary/aromatic N) is 2. The van der Waals surface area contributed by atoms with Crippen molar-refractivity contribution in [2.75, 3.05) is 0 Å². The highest BCUT2D eigenvalue weighted by atomic mass is 79.9. The van der Waals surface area contributed by atoms with Gasteiger partial charge < -0.3 is 4.74 Å². The third-order valence-electron chi connectivity index (χ3n) is 2.57. The summed E-state index contributed by atoms with van der Waals surface area (Å²) in [6, 6.07) is 6.17. The Morgan fingerprint density at radius 2 is 2.20 bits per heavy atom. The third-order valence-corrected chi connectivity index (χ3v) is 3.54. The standard InChI is InChI=1S/C13H10BrClN2O3/c1-8-4-9(6-15)7-16-13(8)20-12-5-10(17(18)19)2-3-11(12)14/h2-5,7H,6H2,1H3. The van der Waals surface area contributed by atoms with E-state index < -0.39 is 4.92 Å². The molecule has 0 saturated heterocycles. The first-order valence-corrected chi connectivity index (χ1v) is 6.97. The van der Waals surface area contributed by atoms with Gasteiger partial charge in [0.1, 0.15) is 0 Å². The Morgan fingerprint density at radius 3 is 2.80 bits per heavy atom. The van der Waals surface area contributed by atoms with E-state index in [0.717, 1.165) is 11.1 Å². The van der Waals surface area contributed by atoms with Gasteiger partial charge in [-0.25, -0.2) is 4.98 Å². The van der Waals surface area contributed by atoms with Crippen molar-refractivity contribution in [3.05, 3.63) is 56.2 Å². The van der Waals surface area contributed by atoms with Crippen molar-refractivity contribution < 1.29 is 9.66 Å². The summed E-state index contributed by atoms with van der Waals surface area (Å²) in [6.07, 6.45) is 1.61. The summed E-state index contributed by atoms with van der Waals surface area (Å²) < 4.78 is 6.24. The molecule has 5 nitrogen and oxygen atoms in total. The first-order valence-electron chi connectivity index (χ1n) is 5.64.